The number of rotatable bonds is 3. The summed E-state index contributed by atoms with van der Waals surface area (Å²) in [5.74, 6) is 1.42. The molecule has 0 saturated carbocycles. The molecular weight excluding hydrogens is 374 g/mol. The number of aromatic nitrogens is 3. The van der Waals surface area contributed by atoms with E-state index in [1.807, 2.05) is 38.1 Å². The Labute approximate surface area is 167 Å². The lowest BCUT2D eigenvalue weighted by atomic mass is 10.2. The third-order valence-electron chi connectivity index (χ3n) is 5.08. The monoisotopic (exact) mass is 397 g/mol. The number of aryl methyl sites for hydroxylation is 2. The Kier molecular flexibility index (Phi) is 4.89. The molecule has 3 aromatic heterocycles. The van der Waals surface area contributed by atoms with E-state index in [0.717, 1.165) is 37.3 Å². The summed E-state index contributed by atoms with van der Waals surface area (Å²) >= 11 is 1.29. The van der Waals surface area contributed by atoms with E-state index in [0.29, 0.717) is 32.9 Å². The molecule has 1 aliphatic heterocycles. The molecule has 1 aliphatic rings. The highest BCUT2D eigenvalue weighted by Crippen LogP contribution is 2.29. The van der Waals surface area contributed by atoms with E-state index < -0.39 is 0 Å². The predicted octanol–water partition coefficient (Wildman–Crippen LogP) is 3.21. The molecular formula is C20H23N5O2S. The van der Waals surface area contributed by atoms with Crippen molar-refractivity contribution >= 4 is 39.0 Å². The average molecular weight is 398 g/mol. The number of carbonyl (C=O) groups excluding carboxylic acids is 1. The quantitative estimate of drug-likeness (QED) is 0.734. The van der Waals surface area contributed by atoms with Gasteiger partial charge in [-0.3, -0.25) is 14.2 Å². The maximum Gasteiger partial charge on any atom is 0.266 e. The molecule has 4 rings (SSSR count). The fourth-order valence-corrected chi connectivity index (χ4v) is 4.62. The van der Waals surface area contributed by atoms with Gasteiger partial charge in [-0.15, -0.1) is 11.3 Å². The molecule has 8 heteroatoms. The van der Waals surface area contributed by atoms with Gasteiger partial charge in [-0.05, 0) is 37.5 Å². The van der Waals surface area contributed by atoms with E-state index >= 15 is 0 Å². The van der Waals surface area contributed by atoms with Crippen LogP contribution in [0.1, 0.15) is 40.3 Å². The summed E-state index contributed by atoms with van der Waals surface area (Å²) in [7, 11) is 3.82. The van der Waals surface area contributed by atoms with Crippen LogP contribution >= 0.6 is 11.3 Å². The van der Waals surface area contributed by atoms with Gasteiger partial charge in [0, 0.05) is 27.1 Å². The minimum atomic E-state index is -0.237. The lowest BCUT2D eigenvalue weighted by molar-refractivity contribution is 0.103. The van der Waals surface area contributed by atoms with E-state index in [2.05, 4.69) is 10.3 Å². The SMILES string of the molecule is Cc1c(C(=O)Nc2ccc(N(C)C)nc2)sc2nc3n(c(=O)c12)CCCCC3. The van der Waals surface area contributed by atoms with E-state index in [1.54, 1.807) is 10.8 Å². The zero-order valence-electron chi connectivity index (χ0n) is 16.3. The number of thiophene rings is 1. The largest absolute Gasteiger partial charge is 0.363 e. The first kappa shape index (κ1) is 18.6. The lowest BCUT2D eigenvalue weighted by Gasteiger charge is -2.11. The van der Waals surface area contributed by atoms with E-state index in [-0.39, 0.29) is 11.5 Å². The molecule has 3 aromatic rings. The third kappa shape index (κ3) is 3.28. The van der Waals surface area contributed by atoms with Gasteiger partial charge >= 0.3 is 0 Å². The zero-order chi connectivity index (χ0) is 19.8. The summed E-state index contributed by atoms with van der Waals surface area (Å²) < 4.78 is 1.79. The highest BCUT2D eigenvalue weighted by atomic mass is 32.1. The predicted molar refractivity (Wildman–Crippen MR) is 113 cm³/mol. The number of nitrogens with one attached hydrogen (secondary N) is 1. The van der Waals surface area contributed by atoms with Crippen LogP contribution in [0.2, 0.25) is 0 Å². The molecule has 0 aliphatic carbocycles. The highest BCUT2D eigenvalue weighted by Gasteiger charge is 2.22. The molecule has 0 spiro atoms. The number of hydrogen-bond acceptors (Lipinski definition) is 6. The second kappa shape index (κ2) is 7.35. The molecule has 0 unspecified atom stereocenters. The van der Waals surface area contributed by atoms with E-state index in [4.69, 9.17) is 4.98 Å². The maximum absolute atomic E-state index is 13.0. The summed E-state index contributed by atoms with van der Waals surface area (Å²) in [5, 5.41) is 3.45. The number of amides is 1. The van der Waals surface area contributed by atoms with Crippen LogP contribution in [-0.4, -0.2) is 34.5 Å². The Balaban J connectivity index is 1.69. The van der Waals surface area contributed by atoms with Gasteiger partial charge in [-0.2, -0.15) is 0 Å². The van der Waals surface area contributed by atoms with Gasteiger partial charge in [-0.1, -0.05) is 6.42 Å². The van der Waals surface area contributed by atoms with Crippen molar-refractivity contribution in [1.82, 2.24) is 14.5 Å². The number of hydrogen-bond donors (Lipinski definition) is 1. The van der Waals surface area contributed by atoms with Crippen LogP contribution in [0.4, 0.5) is 11.5 Å². The van der Waals surface area contributed by atoms with Crippen molar-refractivity contribution in [1.29, 1.82) is 0 Å². The maximum atomic E-state index is 13.0. The van der Waals surface area contributed by atoms with Crippen molar-refractivity contribution in [3.8, 4) is 0 Å². The molecule has 0 radical (unpaired) electrons. The second-order valence-electron chi connectivity index (χ2n) is 7.29. The summed E-state index contributed by atoms with van der Waals surface area (Å²) in [6, 6.07) is 3.66. The molecule has 1 amide bonds. The van der Waals surface area contributed by atoms with Crippen molar-refractivity contribution in [3.05, 3.63) is 44.9 Å². The normalized spacial score (nSPS) is 13.8. The van der Waals surface area contributed by atoms with E-state index in [1.165, 1.54) is 11.3 Å². The Morgan fingerprint density at radius 1 is 1.25 bits per heavy atom. The minimum Gasteiger partial charge on any atom is -0.363 e. The third-order valence-corrected chi connectivity index (χ3v) is 6.27. The fraction of sp³-hybridized carbons (Fsp3) is 0.400. The van der Waals surface area contributed by atoms with Crippen molar-refractivity contribution in [3.63, 3.8) is 0 Å². The van der Waals surface area contributed by atoms with Gasteiger partial charge in [0.2, 0.25) is 0 Å². The van der Waals surface area contributed by atoms with Crippen molar-refractivity contribution in [2.75, 3.05) is 24.3 Å². The standard InChI is InChI=1S/C20H23N5O2S/c1-12-16-19(23-15-7-5-4-6-10-25(15)20(16)27)28-17(12)18(26)22-13-8-9-14(21-11-13)24(2)3/h8-9,11H,4-7,10H2,1-3H3,(H,22,26). The molecule has 7 nitrogen and oxygen atoms in total. The summed E-state index contributed by atoms with van der Waals surface area (Å²) in [4.78, 5) is 38.0. The molecule has 1 N–H and O–H groups in total. The summed E-state index contributed by atoms with van der Waals surface area (Å²) in [6.45, 7) is 2.53. The molecule has 0 bridgehead atoms. The first-order valence-corrected chi connectivity index (χ1v) is 10.2. The van der Waals surface area contributed by atoms with Crippen molar-refractivity contribution in [2.24, 2.45) is 0 Å². The average Bonchev–Trinajstić information content (AvgIpc) is 2.84. The second-order valence-corrected chi connectivity index (χ2v) is 8.28. The minimum absolute atomic E-state index is 0.0216. The fourth-order valence-electron chi connectivity index (χ4n) is 3.54. The molecule has 146 valence electrons. The smallest absolute Gasteiger partial charge is 0.266 e. The Hall–Kier alpha value is -2.74. The van der Waals surface area contributed by atoms with Crippen LogP contribution in [0.3, 0.4) is 0 Å². The van der Waals surface area contributed by atoms with Gasteiger partial charge in [0.1, 0.15) is 16.5 Å². The molecule has 0 saturated heterocycles. The van der Waals surface area contributed by atoms with Crippen LogP contribution in [0.5, 0.6) is 0 Å². The van der Waals surface area contributed by atoms with Gasteiger partial charge in [0.15, 0.2) is 0 Å². The highest BCUT2D eigenvalue weighted by molar-refractivity contribution is 7.20. The first-order chi connectivity index (χ1) is 13.5. The van der Waals surface area contributed by atoms with Gasteiger partial charge in [0.25, 0.3) is 11.5 Å². The first-order valence-electron chi connectivity index (χ1n) is 9.43. The Morgan fingerprint density at radius 3 is 2.79 bits per heavy atom. The number of nitrogens with zero attached hydrogens (tertiary/aromatic N) is 4. The molecule has 0 fully saturated rings. The molecule has 28 heavy (non-hydrogen) atoms. The summed E-state index contributed by atoms with van der Waals surface area (Å²) in [6.07, 6.45) is 5.60. The van der Waals surface area contributed by atoms with Crippen molar-refractivity contribution in [2.45, 2.75) is 39.2 Å². The lowest BCUT2D eigenvalue weighted by Crippen LogP contribution is -2.24. The number of anilines is 2. The molecule has 4 heterocycles. The van der Waals surface area contributed by atoms with Gasteiger partial charge in [0.05, 0.1) is 22.1 Å². The number of pyridine rings is 1. The number of fused-ring (bicyclic) bond motifs is 2. The van der Waals surface area contributed by atoms with Crippen LogP contribution in [0, 0.1) is 6.92 Å². The van der Waals surface area contributed by atoms with E-state index in [9.17, 15) is 9.59 Å². The summed E-state index contributed by atoms with van der Waals surface area (Å²) in [5.41, 5.74) is 1.30. The topological polar surface area (TPSA) is 80.1 Å². The number of carbonyl (C=O) groups is 1. The Morgan fingerprint density at radius 2 is 2.07 bits per heavy atom. The van der Waals surface area contributed by atoms with Crippen LogP contribution < -0.4 is 15.8 Å². The zero-order valence-corrected chi connectivity index (χ0v) is 17.1. The van der Waals surface area contributed by atoms with Gasteiger partial charge < -0.3 is 10.2 Å². The van der Waals surface area contributed by atoms with Crippen LogP contribution in [0.15, 0.2) is 23.1 Å². The van der Waals surface area contributed by atoms with Crippen LogP contribution in [0.25, 0.3) is 10.2 Å². The molecule has 0 atom stereocenters. The molecule has 0 aromatic carbocycles. The van der Waals surface area contributed by atoms with Gasteiger partial charge in [-0.25, -0.2) is 9.97 Å². The van der Waals surface area contributed by atoms with Crippen LogP contribution in [-0.2, 0) is 13.0 Å². The van der Waals surface area contributed by atoms with Crippen molar-refractivity contribution < 1.29 is 4.79 Å². The Bertz CT molecular complexity index is 1100.